The minimum atomic E-state index is 0.167. The molecule has 22 heavy (non-hydrogen) atoms. The van der Waals surface area contributed by atoms with Crippen molar-refractivity contribution in [1.29, 1.82) is 10.5 Å². The minimum Gasteiger partial charge on any atom is -0.383 e. The number of aromatic nitrogens is 1. The van der Waals surface area contributed by atoms with E-state index >= 15 is 0 Å². The highest BCUT2D eigenvalue weighted by atomic mass is 32.2. The fourth-order valence-electron chi connectivity index (χ4n) is 1.88. The van der Waals surface area contributed by atoms with E-state index in [9.17, 15) is 0 Å². The van der Waals surface area contributed by atoms with Crippen molar-refractivity contribution in [3.63, 3.8) is 0 Å². The Balaban J connectivity index is 2.02. The minimum absolute atomic E-state index is 0.167. The molecule has 0 bridgehead atoms. The van der Waals surface area contributed by atoms with Gasteiger partial charge >= 0.3 is 0 Å². The third-order valence-corrected chi connectivity index (χ3v) is 4.09. The van der Waals surface area contributed by atoms with Gasteiger partial charge in [-0.15, -0.1) is 11.8 Å². The van der Waals surface area contributed by atoms with Crippen LogP contribution in [0.4, 0.5) is 11.5 Å². The van der Waals surface area contributed by atoms with E-state index in [4.69, 9.17) is 16.3 Å². The van der Waals surface area contributed by atoms with E-state index in [-0.39, 0.29) is 11.4 Å². The number of nitriles is 2. The van der Waals surface area contributed by atoms with Gasteiger partial charge in [0, 0.05) is 25.0 Å². The molecule has 0 aliphatic heterocycles. The number of anilines is 2. The zero-order valence-electron chi connectivity index (χ0n) is 12.2. The first-order chi connectivity index (χ1) is 10.7. The van der Waals surface area contributed by atoms with Crippen LogP contribution in [-0.2, 0) is 0 Å². The lowest BCUT2D eigenvalue weighted by atomic mass is 10.2. The monoisotopic (exact) mass is 309 g/mol. The molecule has 2 N–H and O–H groups in total. The van der Waals surface area contributed by atoms with E-state index in [0.29, 0.717) is 10.6 Å². The molecule has 1 aromatic heterocycles. The number of para-hydroxylation sites is 1. The number of pyridine rings is 1. The van der Waals surface area contributed by atoms with Crippen molar-refractivity contribution < 1.29 is 0 Å². The predicted molar refractivity (Wildman–Crippen MR) is 88.5 cm³/mol. The van der Waals surface area contributed by atoms with Crippen molar-refractivity contribution in [3.05, 3.63) is 47.5 Å². The molecule has 0 unspecified atom stereocenters. The molecule has 2 aromatic rings. The molecule has 0 spiro atoms. The number of nitrogen functional groups attached to an aromatic ring is 1. The molecule has 1 heterocycles. The SMILES string of the molecule is CN(CCSc1nc(N)c(C#N)cc1C#N)c1ccccc1. The molecule has 6 heteroatoms. The molecule has 110 valence electrons. The standard InChI is InChI=1S/C16H15N5S/c1-21(14-5-3-2-4-6-14)7-8-22-16-13(11-18)9-12(10-17)15(19)20-16/h2-6,9H,7-8H2,1H3,(H2,19,20). The molecule has 2 rings (SSSR count). The van der Waals surface area contributed by atoms with Crippen LogP contribution in [0.2, 0.25) is 0 Å². The second-order valence-electron chi connectivity index (χ2n) is 4.60. The number of rotatable bonds is 5. The number of thioether (sulfide) groups is 1. The molecule has 0 aliphatic rings. The van der Waals surface area contributed by atoms with Gasteiger partial charge in [0.2, 0.25) is 0 Å². The first-order valence-electron chi connectivity index (χ1n) is 6.65. The van der Waals surface area contributed by atoms with Crippen molar-refractivity contribution in [2.45, 2.75) is 5.03 Å². The van der Waals surface area contributed by atoms with Gasteiger partial charge in [-0.2, -0.15) is 10.5 Å². The molecule has 0 saturated carbocycles. The first kappa shape index (κ1) is 15.7. The maximum Gasteiger partial charge on any atom is 0.142 e. The van der Waals surface area contributed by atoms with E-state index in [1.165, 1.54) is 17.8 Å². The average Bonchev–Trinajstić information content (AvgIpc) is 2.55. The van der Waals surface area contributed by atoms with Gasteiger partial charge in [-0.1, -0.05) is 18.2 Å². The molecule has 0 fully saturated rings. The van der Waals surface area contributed by atoms with Crippen LogP contribution in [-0.4, -0.2) is 24.3 Å². The van der Waals surface area contributed by atoms with Crippen molar-refractivity contribution in [1.82, 2.24) is 4.98 Å². The Morgan fingerprint density at radius 2 is 1.86 bits per heavy atom. The molecular weight excluding hydrogens is 294 g/mol. The summed E-state index contributed by atoms with van der Waals surface area (Å²) >= 11 is 1.46. The lowest BCUT2D eigenvalue weighted by Gasteiger charge is -2.18. The number of hydrogen-bond donors (Lipinski definition) is 1. The van der Waals surface area contributed by atoms with Crippen LogP contribution in [0.3, 0.4) is 0 Å². The lowest BCUT2D eigenvalue weighted by molar-refractivity contribution is 0.974. The van der Waals surface area contributed by atoms with Gasteiger partial charge in [-0.25, -0.2) is 4.98 Å². The van der Waals surface area contributed by atoms with Crippen molar-refractivity contribution in [2.75, 3.05) is 30.0 Å². The van der Waals surface area contributed by atoms with E-state index in [1.54, 1.807) is 0 Å². The van der Waals surface area contributed by atoms with E-state index in [0.717, 1.165) is 18.0 Å². The fraction of sp³-hybridized carbons (Fsp3) is 0.188. The Morgan fingerprint density at radius 1 is 1.18 bits per heavy atom. The number of hydrogen-bond acceptors (Lipinski definition) is 6. The third-order valence-electron chi connectivity index (χ3n) is 3.12. The Hall–Kier alpha value is -2.70. The first-order valence-corrected chi connectivity index (χ1v) is 7.64. The van der Waals surface area contributed by atoms with Gasteiger partial charge in [0.25, 0.3) is 0 Å². The summed E-state index contributed by atoms with van der Waals surface area (Å²) in [6, 6.07) is 15.6. The Labute approximate surface area is 134 Å². The average molecular weight is 309 g/mol. The maximum atomic E-state index is 9.15. The quantitative estimate of drug-likeness (QED) is 0.854. The Bertz CT molecular complexity index is 731. The van der Waals surface area contributed by atoms with Gasteiger partial charge in [-0.05, 0) is 18.2 Å². The topological polar surface area (TPSA) is 89.7 Å². The maximum absolute atomic E-state index is 9.15. The van der Waals surface area contributed by atoms with Gasteiger partial charge in [0.05, 0.1) is 11.1 Å². The van der Waals surface area contributed by atoms with Crippen LogP contribution >= 0.6 is 11.8 Å². The summed E-state index contributed by atoms with van der Waals surface area (Å²) in [6.07, 6.45) is 0. The number of nitrogens with zero attached hydrogens (tertiary/aromatic N) is 4. The Morgan fingerprint density at radius 3 is 2.50 bits per heavy atom. The molecular formula is C16H15N5S. The van der Waals surface area contributed by atoms with Gasteiger partial charge in [0.1, 0.15) is 23.0 Å². The van der Waals surface area contributed by atoms with E-state index < -0.39 is 0 Å². The summed E-state index contributed by atoms with van der Waals surface area (Å²) in [5.74, 6) is 0.929. The summed E-state index contributed by atoms with van der Waals surface area (Å²) in [5.41, 5.74) is 7.47. The summed E-state index contributed by atoms with van der Waals surface area (Å²) in [4.78, 5) is 6.29. The van der Waals surface area contributed by atoms with E-state index in [1.807, 2.05) is 43.4 Å². The predicted octanol–water partition coefficient (Wildman–Crippen LogP) is 2.64. The summed E-state index contributed by atoms with van der Waals surface area (Å²) in [6.45, 7) is 0.807. The van der Waals surface area contributed by atoms with Crippen LogP contribution in [0.25, 0.3) is 0 Å². The number of nitrogens with two attached hydrogens (primary N) is 1. The van der Waals surface area contributed by atoms with Crippen LogP contribution < -0.4 is 10.6 Å². The zero-order chi connectivity index (χ0) is 15.9. The lowest BCUT2D eigenvalue weighted by Crippen LogP contribution is -2.20. The van der Waals surface area contributed by atoms with Crippen LogP contribution in [0, 0.1) is 22.7 Å². The third kappa shape index (κ3) is 3.69. The summed E-state index contributed by atoms with van der Waals surface area (Å²) in [5, 5.41) is 18.6. The highest BCUT2D eigenvalue weighted by Crippen LogP contribution is 2.24. The van der Waals surface area contributed by atoms with Gasteiger partial charge in [-0.3, -0.25) is 0 Å². The number of benzene rings is 1. The molecule has 0 atom stereocenters. The molecule has 0 amide bonds. The Kier molecular flexibility index (Phi) is 5.24. The smallest absolute Gasteiger partial charge is 0.142 e. The molecule has 0 aliphatic carbocycles. The van der Waals surface area contributed by atoms with Crippen molar-refractivity contribution in [3.8, 4) is 12.1 Å². The van der Waals surface area contributed by atoms with Crippen LogP contribution in [0.15, 0.2) is 41.4 Å². The summed E-state index contributed by atoms with van der Waals surface area (Å²) in [7, 11) is 2.02. The highest BCUT2D eigenvalue weighted by molar-refractivity contribution is 7.99. The molecule has 0 saturated heterocycles. The van der Waals surface area contributed by atoms with Crippen LogP contribution in [0.1, 0.15) is 11.1 Å². The van der Waals surface area contributed by atoms with Crippen molar-refractivity contribution in [2.24, 2.45) is 0 Å². The molecule has 0 radical (unpaired) electrons. The largest absolute Gasteiger partial charge is 0.383 e. The fourth-order valence-corrected chi connectivity index (χ4v) is 2.86. The summed E-state index contributed by atoms with van der Waals surface area (Å²) < 4.78 is 0. The normalized spacial score (nSPS) is 9.77. The molecule has 5 nitrogen and oxygen atoms in total. The van der Waals surface area contributed by atoms with Crippen LogP contribution in [0.5, 0.6) is 0 Å². The second kappa shape index (κ2) is 7.35. The van der Waals surface area contributed by atoms with Crippen molar-refractivity contribution >= 4 is 23.3 Å². The zero-order valence-corrected chi connectivity index (χ0v) is 13.0. The molecule has 1 aromatic carbocycles. The van der Waals surface area contributed by atoms with Gasteiger partial charge < -0.3 is 10.6 Å². The highest BCUT2D eigenvalue weighted by Gasteiger charge is 2.10. The van der Waals surface area contributed by atoms with E-state index in [2.05, 4.69) is 16.0 Å². The van der Waals surface area contributed by atoms with Gasteiger partial charge in [0.15, 0.2) is 0 Å². The second-order valence-corrected chi connectivity index (χ2v) is 5.69.